The monoisotopic (exact) mass is 386 g/mol. The molecule has 0 saturated heterocycles. The fraction of sp³-hybridized carbons (Fsp3) is 0.167. The van der Waals surface area contributed by atoms with Crippen LogP contribution in [0.15, 0.2) is 77.4 Å². The summed E-state index contributed by atoms with van der Waals surface area (Å²) < 4.78 is 10.6. The molecule has 0 bridgehead atoms. The van der Waals surface area contributed by atoms with Gasteiger partial charge in [0.25, 0.3) is 0 Å². The Labute approximate surface area is 169 Å². The number of hydrogen-bond acceptors (Lipinski definition) is 5. The lowest BCUT2D eigenvalue weighted by Gasteiger charge is -2.18. The van der Waals surface area contributed by atoms with Gasteiger partial charge in [0, 0.05) is 17.5 Å². The molecule has 1 atom stereocenters. The van der Waals surface area contributed by atoms with Gasteiger partial charge in [-0.2, -0.15) is 0 Å². The largest absolute Gasteiger partial charge is 0.468 e. The number of benzene rings is 2. The molecule has 0 spiro atoms. The quantitative estimate of drug-likeness (QED) is 0.465. The zero-order valence-corrected chi connectivity index (χ0v) is 16.4. The molecule has 0 aliphatic carbocycles. The summed E-state index contributed by atoms with van der Waals surface area (Å²) in [6, 6.07) is 21.5. The van der Waals surface area contributed by atoms with Crippen LogP contribution < -0.4 is 5.32 Å². The van der Waals surface area contributed by atoms with Gasteiger partial charge in [-0.3, -0.25) is 4.98 Å². The molecule has 0 amide bonds. The zero-order valence-electron chi connectivity index (χ0n) is 16.4. The van der Waals surface area contributed by atoms with Gasteiger partial charge in [-0.15, -0.1) is 0 Å². The normalized spacial score (nSPS) is 12.1. The van der Waals surface area contributed by atoms with Crippen molar-refractivity contribution in [2.24, 2.45) is 0 Å². The summed E-state index contributed by atoms with van der Waals surface area (Å²) in [5.74, 6) is 0.429. The second-order valence-electron chi connectivity index (χ2n) is 6.80. The molecule has 4 rings (SSSR count). The molecule has 0 unspecified atom stereocenters. The second-order valence-corrected chi connectivity index (χ2v) is 6.80. The summed E-state index contributed by atoms with van der Waals surface area (Å²) in [6.07, 6.45) is 1.65. The van der Waals surface area contributed by atoms with E-state index in [9.17, 15) is 4.79 Å². The molecule has 0 radical (unpaired) electrons. The predicted octanol–water partition coefficient (Wildman–Crippen LogP) is 5.13. The van der Waals surface area contributed by atoms with Crippen molar-refractivity contribution < 1.29 is 13.9 Å². The van der Waals surface area contributed by atoms with E-state index >= 15 is 0 Å². The van der Waals surface area contributed by atoms with Crippen LogP contribution in [-0.2, 0) is 11.3 Å². The molecule has 2 aromatic heterocycles. The fourth-order valence-corrected chi connectivity index (χ4v) is 3.51. The van der Waals surface area contributed by atoms with Crippen molar-refractivity contribution in [2.75, 3.05) is 7.11 Å². The van der Waals surface area contributed by atoms with E-state index in [1.165, 1.54) is 7.11 Å². The minimum Gasteiger partial charge on any atom is -0.468 e. The number of esters is 1. The number of rotatable bonds is 6. The Morgan fingerprint density at radius 2 is 1.83 bits per heavy atom. The Kier molecular flexibility index (Phi) is 5.40. The third kappa shape index (κ3) is 3.77. The molecular formula is C24H22N2O3. The predicted molar refractivity (Wildman–Crippen MR) is 112 cm³/mol. The Morgan fingerprint density at radius 3 is 2.55 bits per heavy atom. The van der Waals surface area contributed by atoms with Crippen LogP contribution in [0.4, 0.5) is 0 Å². The number of aromatic nitrogens is 1. The van der Waals surface area contributed by atoms with Crippen molar-refractivity contribution in [3.63, 3.8) is 0 Å². The third-order valence-corrected chi connectivity index (χ3v) is 4.97. The van der Waals surface area contributed by atoms with Gasteiger partial charge in [-0.25, -0.2) is 4.79 Å². The molecule has 4 aromatic rings. The van der Waals surface area contributed by atoms with Gasteiger partial charge >= 0.3 is 5.97 Å². The number of methoxy groups -OCH3 is 1. The minimum absolute atomic E-state index is 0.0241. The third-order valence-electron chi connectivity index (χ3n) is 4.97. The van der Waals surface area contributed by atoms with E-state index in [1.54, 1.807) is 6.26 Å². The van der Waals surface area contributed by atoms with Gasteiger partial charge in [0.15, 0.2) is 0 Å². The number of hydrogen-bond donors (Lipinski definition) is 1. The van der Waals surface area contributed by atoms with Gasteiger partial charge in [0.05, 0.1) is 36.2 Å². The first-order valence-corrected chi connectivity index (χ1v) is 9.51. The van der Waals surface area contributed by atoms with Crippen LogP contribution in [0.3, 0.4) is 0 Å². The average molecular weight is 386 g/mol. The average Bonchev–Trinajstić information content (AvgIpc) is 3.31. The first kappa shape index (κ1) is 18.9. The Hall–Kier alpha value is -3.44. The molecule has 0 saturated carbocycles. The first-order valence-electron chi connectivity index (χ1n) is 9.51. The highest BCUT2D eigenvalue weighted by Crippen LogP contribution is 2.33. The lowest BCUT2D eigenvalue weighted by atomic mass is 9.94. The zero-order chi connectivity index (χ0) is 20.2. The lowest BCUT2D eigenvalue weighted by Crippen LogP contribution is -2.21. The van der Waals surface area contributed by atoms with E-state index < -0.39 is 5.97 Å². The highest BCUT2D eigenvalue weighted by Gasteiger charge is 2.23. The van der Waals surface area contributed by atoms with Crippen LogP contribution in [0.25, 0.3) is 22.0 Å². The summed E-state index contributed by atoms with van der Waals surface area (Å²) in [4.78, 5) is 17.6. The van der Waals surface area contributed by atoms with Gasteiger partial charge in [-0.05, 0) is 30.7 Å². The van der Waals surface area contributed by atoms with Crippen LogP contribution in [0, 0.1) is 0 Å². The van der Waals surface area contributed by atoms with Crippen molar-refractivity contribution in [1.82, 2.24) is 10.3 Å². The van der Waals surface area contributed by atoms with Crippen molar-refractivity contribution in [1.29, 1.82) is 0 Å². The summed E-state index contributed by atoms with van der Waals surface area (Å²) in [5, 5.41) is 4.32. The minimum atomic E-state index is -0.399. The van der Waals surface area contributed by atoms with E-state index in [0.717, 1.165) is 27.8 Å². The number of furan rings is 1. The van der Waals surface area contributed by atoms with Crippen LogP contribution in [0.2, 0.25) is 0 Å². The van der Waals surface area contributed by atoms with Gasteiger partial charge in [-0.1, -0.05) is 48.5 Å². The first-order chi connectivity index (χ1) is 14.2. The molecule has 5 heteroatoms. The van der Waals surface area contributed by atoms with E-state index in [2.05, 4.69) is 5.32 Å². The smallest absolute Gasteiger partial charge is 0.340 e. The number of carbonyl (C=O) groups is 1. The van der Waals surface area contributed by atoms with Crippen molar-refractivity contribution in [3.8, 4) is 11.1 Å². The molecule has 29 heavy (non-hydrogen) atoms. The van der Waals surface area contributed by atoms with Crippen LogP contribution in [0.5, 0.6) is 0 Å². The number of nitrogens with zero attached hydrogens (tertiary/aromatic N) is 1. The van der Waals surface area contributed by atoms with E-state index in [4.69, 9.17) is 14.1 Å². The molecule has 2 heterocycles. The van der Waals surface area contributed by atoms with E-state index in [0.29, 0.717) is 17.8 Å². The van der Waals surface area contributed by atoms with Crippen molar-refractivity contribution in [2.45, 2.75) is 19.5 Å². The topological polar surface area (TPSA) is 64.4 Å². The Bertz CT molecular complexity index is 1120. The SMILES string of the molecule is COC(=O)c1c(CN[C@H](C)c2ccco2)nc2ccccc2c1-c1ccccc1. The summed E-state index contributed by atoms with van der Waals surface area (Å²) >= 11 is 0. The maximum Gasteiger partial charge on any atom is 0.340 e. The lowest BCUT2D eigenvalue weighted by molar-refractivity contribution is 0.0599. The Balaban J connectivity index is 1.86. The number of fused-ring (bicyclic) bond motifs is 1. The summed E-state index contributed by atoms with van der Waals surface area (Å²) in [6.45, 7) is 2.41. The molecule has 1 N–H and O–H groups in total. The number of nitrogens with one attached hydrogen (secondary N) is 1. The van der Waals surface area contributed by atoms with Crippen LogP contribution in [0.1, 0.15) is 34.8 Å². The molecule has 0 aliphatic rings. The van der Waals surface area contributed by atoms with Crippen molar-refractivity contribution >= 4 is 16.9 Å². The summed E-state index contributed by atoms with van der Waals surface area (Å²) in [5.41, 5.74) is 3.75. The van der Waals surface area contributed by atoms with Crippen LogP contribution in [-0.4, -0.2) is 18.1 Å². The number of ether oxygens (including phenoxy) is 1. The molecule has 146 valence electrons. The number of carbonyl (C=O) groups excluding carboxylic acids is 1. The maximum atomic E-state index is 12.8. The molecular weight excluding hydrogens is 364 g/mol. The highest BCUT2D eigenvalue weighted by molar-refractivity contribution is 6.07. The standard InChI is InChI=1S/C24H22N2O3/c1-16(21-13-8-14-29-21)25-15-20-23(24(27)28-2)22(17-9-4-3-5-10-17)18-11-6-7-12-19(18)26-20/h3-14,16,25H,15H2,1-2H3/t16-/m1/s1. The number of pyridine rings is 1. The van der Waals surface area contributed by atoms with Gasteiger partial charge in [0.2, 0.25) is 0 Å². The molecule has 0 aliphatic heterocycles. The molecule has 2 aromatic carbocycles. The van der Waals surface area contributed by atoms with Crippen molar-refractivity contribution in [3.05, 3.63) is 90.0 Å². The molecule has 0 fully saturated rings. The second kappa shape index (κ2) is 8.29. The van der Waals surface area contributed by atoms with Gasteiger partial charge < -0.3 is 14.5 Å². The number of para-hydroxylation sites is 1. The van der Waals surface area contributed by atoms with E-state index in [-0.39, 0.29) is 6.04 Å². The summed E-state index contributed by atoms with van der Waals surface area (Å²) in [7, 11) is 1.40. The van der Waals surface area contributed by atoms with E-state index in [1.807, 2.05) is 73.7 Å². The highest BCUT2D eigenvalue weighted by atomic mass is 16.5. The maximum absolute atomic E-state index is 12.8. The Morgan fingerprint density at radius 1 is 1.07 bits per heavy atom. The molecule has 5 nitrogen and oxygen atoms in total. The fourth-order valence-electron chi connectivity index (χ4n) is 3.51. The van der Waals surface area contributed by atoms with Crippen LogP contribution >= 0.6 is 0 Å². The van der Waals surface area contributed by atoms with Gasteiger partial charge in [0.1, 0.15) is 5.76 Å².